The number of fused-ring (bicyclic) bond motifs is 3. The van der Waals surface area contributed by atoms with Gasteiger partial charge in [0.2, 0.25) is 0 Å². The van der Waals surface area contributed by atoms with E-state index in [1.54, 1.807) is 11.3 Å². The average Bonchev–Trinajstić information content (AvgIpc) is 3.76. The van der Waals surface area contributed by atoms with E-state index in [1.807, 2.05) is 36.7 Å². The fourth-order valence-electron chi connectivity index (χ4n) is 6.38. The van der Waals surface area contributed by atoms with Crippen LogP contribution in [-0.2, 0) is 26.5 Å². The fraction of sp³-hybridized carbons (Fsp3) is 0.214. The molecule has 7 aromatic rings. The van der Waals surface area contributed by atoms with Crippen LogP contribution in [0, 0.1) is 18.2 Å². The zero-order valence-corrected chi connectivity index (χ0v) is 33.0. The summed E-state index contributed by atoms with van der Waals surface area (Å²) in [5.74, 6) is 7.98. The zero-order chi connectivity index (χ0) is 32.2. The first-order chi connectivity index (χ1) is 22.9. The summed E-state index contributed by atoms with van der Waals surface area (Å²) < 4.78 is 3.90. The molecule has 1 fully saturated rings. The van der Waals surface area contributed by atoms with Gasteiger partial charge in [-0.25, -0.2) is 0 Å². The normalized spacial score (nSPS) is 13.2. The minimum absolute atomic E-state index is 0. The molecule has 0 unspecified atom stereocenters. The molecule has 48 heavy (non-hydrogen) atoms. The van der Waals surface area contributed by atoms with Gasteiger partial charge in [0.1, 0.15) is 0 Å². The summed E-state index contributed by atoms with van der Waals surface area (Å²) in [4.78, 5) is 13.9. The number of nitrogens with zero attached hydrogens (tertiary/aromatic N) is 3. The Morgan fingerprint density at radius 3 is 2.29 bits per heavy atom. The molecule has 4 aromatic heterocycles. The molecule has 1 radical (unpaired) electrons. The fourth-order valence-corrected chi connectivity index (χ4v) is 9.62. The van der Waals surface area contributed by atoms with Gasteiger partial charge in [-0.1, -0.05) is 79.8 Å². The number of aromatic nitrogens is 3. The number of rotatable bonds is 6. The number of hydrogen-bond donors (Lipinski definition) is 0. The van der Waals surface area contributed by atoms with E-state index in [-0.39, 0.29) is 20.1 Å². The Morgan fingerprint density at radius 1 is 0.750 bits per heavy atom. The second kappa shape index (κ2) is 15.4. The standard InChI is InChI=1S/C28H23N2S.C14H16GeN.Ir/c1-2-8-21(9-3-1)22-10-11-26-24(16-22)28-27(31-26)17-23(18-30-28)25-15-20(12-13-29-25)14-19-6-4-5-7-19;1-15(2,3)13-9-10-14(16-11-13)12-7-5-4-6-8-12;/h1-3,8-13,15-17,19H,4-7,14H2;4-7,9-11H,1-3H3;/q2*-1;. The van der Waals surface area contributed by atoms with Crippen molar-refractivity contribution in [3.05, 3.63) is 133 Å². The van der Waals surface area contributed by atoms with Gasteiger partial charge in [0, 0.05) is 36.5 Å². The zero-order valence-electron chi connectivity index (χ0n) is 27.7. The summed E-state index contributed by atoms with van der Waals surface area (Å²) in [5.41, 5.74) is 8.90. The summed E-state index contributed by atoms with van der Waals surface area (Å²) in [6.07, 6.45) is 13.9. The number of thiophene rings is 1. The van der Waals surface area contributed by atoms with E-state index in [2.05, 4.69) is 118 Å². The van der Waals surface area contributed by atoms with Gasteiger partial charge in [-0.3, -0.25) is 0 Å². The third-order valence-electron chi connectivity index (χ3n) is 9.07. The van der Waals surface area contributed by atoms with Gasteiger partial charge in [0.25, 0.3) is 0 Å². The average molecular weight is 883 g/mol. The predicted molar refractivity (Wildman–Crippen MR) is 202 cm³/mol. The molecule has 1 aliphatic rings. The largest absolute Gasteiger partial charge is 0.350 e. The van der Waals surface area contributed by atoms with Crippen LogP contribution in [0.2, 0.25) is 17.3 Å². The van der Waals surface area contributed by atoms with Crippen molar-refractivity contribution in [2.75, 3.05) is 0 Å². The third kappa shape index (κ3) is 8.03. The second-order valence-corrected chi connectivity index (χ2v) is 25.3. The van der Waals surface area contributed by atoms with Crippen molar-refractivity contribution in [1.29, 1.82) is 0 Å². The summed E-state index contributed by atoms with van der Waals surface area (Å²) >= 11 is 0.0786. The van der Waals surface area contributed by atoms with Crippen LogP contribution >= 0.6 is 11.3 Å². The Hall–Kier alpha value is -3.48. The van der Waals surface area contributed by atoms with Crippen molar-refractivity contribution < 1.29 is 20.1 Å². The Balaban J connectivity index is 0.000000201. The van der Waals surface area contributed by atoms with Crippen molar-refractivity contribution in [3.63, 3.8) is 0 Å². The molecule has 8 rings (SSSR count). The molecule has 0 amide bonds. The first-order valence-corrected chi connectivity index (χ1v) is 24.8. The number of benzene rings is 3. The summed E-state index contributed by atoms with van der Waals surface area (Å²) in [7, 11) is 0. The Morgan fingerprint density at radius 2 is 1.56 bits per heavy atom. The molecule has 3 aromatic carbocycles. The molecular formula is C42H39GeIrN3S-2. The topological polar surface area (TPSA) is 38.7 Å². The second-order valence-electron chi connectivity index (χ2n) is 13.5. The van der Waals surface area contributed by atoms with Gasteiger partial charge in [-0.15, -0.1) is 11.6 Å². The van der Waals surface area contributed by atoms with Gasteiger partial charge in [0.05, 0.1) is 0 Å². The van der Waals surface area contributed by atoms with Gasteiger partial charge in [0.15, 0.2) is 0 Å². The Bertz CT molecular complexity index is 2100. The van der Waals surface area contributed by atoms with Crippen LogP contribution in [0.4, 0.5) is 0 Å². The van der Waals surface area contributed by atoms with Crippen molar-refractivity contribution in [1.82, 2.24) is 15.0 Å². The molecule has 1 saturated carbocycles. The van der Waals surface area contributed by atoms with E-state index in [0.29, 0.717) is 0 Å². The van der Waals surface area contributed by atoms with Crippen molar-refractivity contribution >= 4 is 49.3 Å². The first kappa shape index (κ1) is 34.4. The van der Waals surface area contributed by atoms with Crippen LogP contribution in [0.5, 0.6) is 0 Å². The van der Waals surface area contributed by atoms with Gasteiger partial charge < -0.3 is 9.97 Å². The molecule has 0 N–H and O–H groups in total. The maximum absolute atomic E-state index is 4.76. The molecule has 6 heteroatoms. The minimum Gasteiger partial charge on any atom is -0.350 e. The van der Waals surface area contributed by atoms with Gasteiger partial charge in [-0.05, 0) is 57.6 Å². The van der Waals surface area contributed by atoms with Crippen molar-refractivity contribution in [2.45, 2.75) is 49.4 Å². The molecule has 1 aliphatic carbocycles. The van der Waals surface area contributed by atoms with Crippen LogP contribution in [0.15, 0.2) is 116 Å². The van der Waals surface area contributed by atoms with E-state index in [4.69, 9.17) is 4.98 Å². The molecule has 0 saturated heterocycles. The molecule has 4 heterocycles. The Kier molecular flexibility index (Phi) is 11.0. The van der Waals surface area contributed by atoms with Crippen LogP contribution in [0.25, 0.3) is 53.9 Å². The van der Waals surface area contributed by atoms with E-state index < -0.39 is 13.3 Å². The maximum Gasteiger partial charge on any atom is 0.0262 e. The van der Waals surface area contributed by atoms with Crippen LogP contribution in [0.3, 0.4) is 0 Å². The van der Waals surface area contributed by atoms with Crippen LogP contribution < -0.4 is 4.40 Å². The maximum atomic E-state index is 4.76. The summed E-state index contributed by atoms with van der Waals surface area (Å²) in [5, 5.41) is 1.20. The summed E-state index contributed by atoms with van der Waals surface area (Å²) in [6, 6.07) is 39.3. The van der Waals surface area contributed by atoms with Crippen LogP contribution in [-0.4, -0.2) is 28.2 Å². The van der Waals surface area contributed by atoms with E-state index in [9.17, 15) is 0 Å². The van der Waals surface area contributed by atoms with E-state index in [1.165, 1.54) is 61.6 Å². The quantitative estimate of drug-likeness (QED) is 0.123. The summed E-state index contributed by atoms with van der Waals surface area (Å²) in [6.45, 7) is 0. The molecular weight excluding hydrogens is 843 g/mol. The SMILES string of the molecule is [CH3][Ge]([CH3])([CH3])[c]1ccc(-c2[c-]cccc2)nc1.[Ir].[c-]1nc2c(cc1-c1cc(CC3CCCC3)ccn1)sc1ccc(-c3ccccc3)cc12. The third-order valence-corrected chi connectivity index (χ3v) is 14.4. The molecule has 3 nitrogen and oxygen atoms in total. The number of pyridine rings is 3. The molecule has 0 bridgehead atoms. The molecule has 0 atom stereocenters. The Labute approximate surface area is 304 Å². The van der Waals surface area contributed by atoms with Crippen molar-refractivity contribution in [2.24, 2.45) is 5.92 Å². The van der Waals surface area contributed by atoms with Gasteiger partial charge >= 0.3 is 99.8 Å². The van der Waals surface area contributed by atoms with Crippen molar-refractivity contribution in [3.8, 4) is 33.6 Å². The number of hydrogen-bond acceptors (Lipinski definition) is 4. The first-order valence-electron chi connectivity index (χ1n) is 16.6. The molecule has 243 valence electrons. The van der Waals surface area contributed by atoms with E-state index in [0.717, 1.165) is 40.4 Å². The van der Waals surface area contributed by atoms with Crippen LogP contribution in [0.1, 0.15) is 31.2 Å². The monoisotopic (exact) mass is 884 g/mol. The smallest absolute Gasteiger partial charge is 0.0262 e. The minimum atomic E-state index is -1.72. The molecule has 0 spiro atoms. The van der Waals surface area contributed by atoms with Gasteiger partial charge in [-0.2, -0.15) is 11.3 Å². The molecule has 0 aliphatic heterocycles. The van der Waals surface area contributed by atoms with E-state index >= 15 is 0 Å². The predicted octanol–water partition coefficient (Wildman–Crippen LogP) is 10.8.